The van der Waals surface area contributed by atoms with Crippen molar-refractivity contribution in [2.24, 2.45) is 0 Å². The maximum Gasteiger partial charge on any atom is 0.255 e. The Kier molecular flexibility index (Phi) is 6.74. The van der Waals surface area contributed by atoms with Crippen LogP contribution in [0.2, 0.25) is 0 Å². The number of amides is 1. The summed E-state index contributed by atoms with van der Waals surface area (Å²) in [5.74, 6) is -0.805. The second kappa shape index (κ2) is 10.2. The van der Waals surface area contributed by atoms with Crippen molar-refractivity contribution in [3.63, 3.8) is 0 Å². The zero-order valence-corrected chi connectivity index (χ0v) is 19.5. The average Bonchev–Trinajstić information content (AvgIpc) is 3.33. The molecule has 0 aliphatic carbocycles. The number of rotatable bonds is 6. The lowest BCUT2D eigenvalue weighted by atomic mass is 10.0. The maximum atomic E-state index is 14.4. The molecule has 3 aromatic rings. The van der Waals surface area contributed by atoms with Crippen LogP contribution in [-0.4, -0.2) is 48.9 Å². The van der Waals surface area contributed by atoms with E-state index in [0.717, 1.165) is 22.4 Å². The number of benzene rings is 2. The van der Waals surface area contributed by atoms with E-state index >= 15 is 0 Å². The zero-order chi connectivity index (χ0) is 24.2. The van der Waals surface area contributed by atoms with Crippen molar-refractivity contribution in [1.29, 1.82) is 0 Å². The normalized spacial score (nSPS) is 15.8. The topological polar surface area (TPSA) is 66.9 Å². The third-order valence-electron chi connectivity index (χ3n) is 6.12. The van der Waals surface area contributed by atoms with Crippen LogP contribution in [-0.2, 0) is 16.1 Å². The second-order valence-corrected chi connectivity index (χ2v) is 8.56. The molecule has 1 amide bonds. The summed E-state index contributed by atoms with van der Waals surface area (Å²) in [6.07, 6.45) is 5.57. The largest absolute Gasteiger partial charge is 0.378 e. The van der Waals surface area contributed by atoms with Crippen LogP contribution in [0.4, 0.5) is 15.8 Å². The minimum absolute atomic E-state index is 0.273. The number of hydrogen-bond acceptors (Lipinski definition) is 6. The number of hydrogen-bond donors (Lipinski definition) is 1. The highest BCUT2D eigenvalue weighted by molar-refractivity contribution is 6.05. The van der Waals surface area contributed by atoms with Crippen LogP contribution in [0.3, 0.4) is 0 Å². The van der Waals surface area contributed by atoms with E-state index in [1.165, 1.54) is 12.1 Å². The number of anilines is 2. The first-order valence-corrected chi connectivity index (χ1v) is 11.6. The molecule has 0 radical (unpaired) electrons. The number of hydroxylamine groups is 2. The van der Waals surface area contributed by atoms with Crippen molar-refractivity contribution < 1.29 is 18.8 Å². The summed E-state index contributed by atoms with van der Waals surface area (Å²) < 4.78 is 19.7. The van der Waals surface area contributed by atoms with E-state index < -0.39 is 5.82 Å². The molecule has 3 heterocycles. The number of nitrogens with one attached hydrogen (secondary N) is 1. The molecule has 1 aromatic heterocycles. The standard InChI is InChI=1S/C27H27FN4O3/c1-19-4-5-23(16-25(19)26-6-10-35-32(26)18-20-3-2-7-29-17-20)30-27(33)21-13-22(28)15-24(14-21)31-8-11-34-12-9-31/h2-7,13-17H,8-12,18H2,1H3,(H,30,33). The van der Waals surface area contributed by atoms with Gasteiger partial charge < -0.3 is 15.0 Å². The number of morpholine rings is 1. The van der Waals surface area contributed by atoms with Gasteiger partial charge in [-0.3, -0.25) is 14.6 Å². The molecule has 0 bridgehead atoms. The summed E-state index contributed by atoms with van der Waals surface area (Å²) >= 11 is 0. The Morgan fingerprint density at radius 3 is 2.80 bits per heavy atom. The zero-order valence-electron chi connectivity index (χ0n) is 19.5. The van der Waals surface area contributed by atoms with E-state index in [-0.39, 0.29) is 11.5 Å². The van der Waals surface area contributed by atoms with Gasteiger partial charge in [0.05, 0.1) is 32.1 Å². The Hall–Kier alpha value is -3.75. The van der Waals surface area contributed by atoms with Gasteiger partial charge in [0, 0.05) is 48.0 Å². The Labute approximate surface area is 203 Å². The SMILES string of the molecule is Cc1ccc(NC(=O)c2cc(F)cc(N3CCOCC3)c2)cc1C1=CCON1Cc1cccnc1. The van der Waals surface area contributed by atoms with Crippen molar-refractivity contribution in [1.82, 2.24) is 10.0 Å². The van der Waals surface area contributed by atoms with Crippen LogP contribution in [0.5, 0.6) is 0 Å². The fourth-order valence-electron chi connectivity index (χ4n) is 4.30. The Balaban J connectivity index is 1.35. The number of ether oxygens (including phenoxy) is 1. The molecule has 5 rings (SSSR count). The van der Waals surface area contributed by atoms with E-state index in [1.54, 1.807) is 12.3 Å². The molecule has 1 saturated heterocycles. The molecule has 8 heteroatoms. The predicted molar refractivity (Wildman–Crippen MR) is 132 cm³/mol. The summed E-state index contributed by atoms with van der Waals surface area (Å²) in [7, 11) is 0. The minimum Gasteiger partial charge on any atom is -0.378 e. The van der Waals surface area contributed by atoms with Crippen molar-refractivity contribution in [3.05, 3.63) is 95.1 Å². The van der Waals surface area contributed by atoms with Gasteiger partial charge in [0.15, 0.2) is 0 Å². The van der Waals surface area contributed by atoms with Gasteiger partial charge in [0.1, 0.15) is 5.82 Å². The highest BCUT2D eigenvalue weighted by Gasteiger charge is 2.21. The molecular weight excluding hydrogens is 447 g/mol. The lowest BCUT2D eigenvalue weighted by molar-refractivity contribution is -0.0874. The van der Waals surface area contributed by atoms with Gasteiger partial charge in [-0.15, -0.1) is 0 Å². The monoisotopic (exact) mass is 474 g/mol. The van der Waals surface area contributed by atoms with Crippen LogP contribution in [0, 0.1) is 12.7 Å². The van der Waals surface area contributed by atoms with E-state index in [2.05, 4.69) is 10.3 Å². The van der Waals surface area contributed by atoms with Crippen LogP contribution in [0.1, 0.15) is 27.0 Å². The van der Waals surface area contributed by atoms with E-state index in [1.807, 2.05) is 59.5 Å². The second-order valence-electron chi connectivity index (χ2n) is 8.56. The highest BCUT2D eigenvalue weighted by atomic mass is 19.1. The highest BCUT2D eigenvalue weighted by Crippen LogP contribution is 2.31. The molecule has 7 nitrogen and oxygen atoms in total. The smallest absolute Gasteiger partial charge is 0.255 e. The number of nitrogens with zero attached hydrogens (tertiary/aromatic N) is 3. The van der Waals surface area contributed by atoms with Gasteiger partial charge in [-0.1, -0.05) is 12.1 Å². The maximum absolute atomic E-state index is 14.4. The Morgan fingerprint density at radius 2 is 2.00 bits per heavy atom. The summed E-state index contributed by atoms with van der Waals surface area (Å²) in [4.78, 5) is 25.1. The minimum atomic E-state index is -0.442. The van der Waals surface area contributed by atoms with E-state index in [9.17, 15) is 9.18 Å². The fourth-order valence-corrected chi connectivity index (χ4v) is 4.30. The fraction of sp³-hybridized carbons (Fsp3) is 0.259. The third kappa shape index (κ3) is 5.34. The molecule has 35 heavy (non-hydrogen) atoms. The Morgan fingerprint density at radius 1 is 1.14 bits per heavy atom. The third-order valence-corrected chi connectivity index (χ3v) is 6.12. The molecule has 1 N–H and O–H groups in total. The molecule has 2 aliphatic rings. The van der Waals surface area contributed by atoms with Crippen LogP contribution in [0.25, 0.3) is 5.70 Å². The summed E-state index contributed by atoms with van der Waals surface area (Å²) in [5.41, 5.74) is 5.56. The summed E-state index contributed by atoms with van der Waals surface area (Å²) in [6, 6.07) is 14.1. The number of pyridine rings is 1. The number of aryl methyl sites for hydroxylation is 1. The number of aromatic nitrogens is 1. The first-order valence-electron chi connectivity index (χ1n) is 11.6. The van der Waals surface area contributed by atoms with Gasteiger partial charge in [0.2, 0.25) is 0 Å². The Bertz CT molecular complexity index is 1240. The van der Waals surface area contributed by atoms with Gasteiger partial charge in [-0.25, -0.2) is 9.45 Å². The van der Waals surface area contributed by atoms with Gasteiger partial charge >= 0.3 is 0 Å². The van der Waals surface area contributed by atoms with Gasteiger partial charge in [-0.05, 0) is 60.5 Å². The molecule has 0 spiro atoms. The van der Waals surface area contributed by atoms with E-state index in [0.29, 0.717) is 50.8 Å². The molecule has 0 atom stereocenters. The molecule has 0 unspecified atom stereocenters. The molecule has 2 aliphatic heterocycles. The van der Waals surface area contributed by atoms with Crippen molar-refractivity contribution in [3.8, 4) is 0 Å². The van der Waals surface area contributed by atoms with Crippen molar-refractivity contribution in [2.75, 3.05) is 43.1 Å². The van der Waals surface area contributed by atoms with Crippen LogP contribution >= 0.6 is 0 Å². The quantitative estimate of drug-likeness (QED) is 0.571. The first kappa shape index (κ1) is 23.0. The summed E-state index contributed by atoms with van der Waals surface area (Å²) in [5, 5.41) is 4.77. The lowest BCUT2D eigenvalue weighted by Gasteiger charge is -2.29. The van der Waals surface area contributed by atoms with Crippen molar-refractivity contribution in [2.45, 2.75) is 13.5 Å². The molecule has 1 fully saturated rings. The van der Waals surface area contributed by atoms with Crippen LogP contribution < -0.4 is 10.2 Å². The predicted octanol–water partition coefficient (Wildman–Crippen LogP) is 4.41. The van der Waals surface area contributed by atoms with Gasteiger partial charge in [-0.2, -0.15) is 0 Å². The average molecular weight is 475 g/mol. The first-order chi connectivity index (χ1) is 17.1. The number of halogens is 1. The molecule has 2 aromatic carbocycles. The molecular formula is C27H27FN4O3. The van der Waals surface area contributed by atoms with Crippen LogP contribution in [0.15, 0.2) is 67.0 Å². The van der Waals surface area contributed by atoms with E-state index in [4.69, 9.17) is 9.57 Å². The number of carbonyl (C=O) groups is 1. The number of carbonyl (C=O) groups excluding carboxylic acids is 1. The molecule has 180 valence electrons. The summed E-state index contributed by atoms with van der Waals surface area (Å²) in [6.45, 7) is 5.55. The van der Waals surface area contributed by atoms with Gasteiger partial charge in [0.25, 0.3) is 5.91 Å². The van der Waals surface area contributed by atoms with Crippen molar-refractivity contribution >= 4 is 23.0 Å². The molecule has 0 saturated carbocycles. The lowest BCUT2D eigenvalue weighted by Crippen LogP contribution is -2.36.